The van der Waals surface area contributed by atoms with Crippen molar-refractivity contribution < 1.29 is 9.23 Å². The third-order valence-electron chi connectivity index (χ3n) is 1.69. The fourth-order valence-electron chi connectivity index (χ4n) is 0.888. The smallest absolute Gasteiger partial charge is 0.142 e. The van der Waals surface area contributed by atoms with E-state index in [2.05, 4.69) is 18.3 Å². The zero-order valence-corrected chi connectivity index (χ0v) is 8.16. The van der Waals surface area contributed by atoms with E-state index >= 15 is 0 Å². The third-order valence-corrected chi connectivity index (χ3v) is 1.69. The highest BCUT2D eigenvalue weighted by Crippen LogP contribution is 2.02. The van der Waals surface area contributed by atoms with E-state index in [0.717, 1.165) is 12.8 Å². The Balaban J connectivity index is 2.40. The highest BCUT2D eigenvalue weighted by atomic mass is 19.1. The van der Waals surface area contributed by atoms with Crippen LogP contribution in [0.4, 0.5) is 4.39 Å². The van der Waals surface area contributed by atoms with Crippen LogP contribution in [-0.4, -0.2) is 12.8 Å². The topological polar surface area (TPSA) is 21.6 Å². The Kier molecular flexibility index (Phi) is 4.69. The Morgan fingerprint density at radius 3 is 2.93 bits per heavy atom. The van der Waals surface area contributed by atoms with Crippen molar-refractivity contribution in [2.75, 3.05) is 6.61 Å². The second kappa shape index (κ2) is 6.13. The summed E-state index contributed by atoms with van der Waals surface area (Å²) in [6.07, 6.45) is 4.50. The Hall–Kier alpha value is -1.38. The minimum Gasteiger partial charge on any atom is -0.395 e. The lowest BCUT2D eigenvalue weighted by molar-refractivity contribution is 0.142. The SMILES string of the molecule is CCCCO/N=[C]\c1ccccc1F. The molecule has 0 amide bonds. The number of hydrogen-bond acceptors (Lipinski definition) is 2. The van der Waals surface area contributed by atoms with Crippen LogP contribution in [0.25, 0.3) is 0 Å². The minimum absolute atomic E-state index is 0.323. The normalized spacial score (nSPS) is 10.7. The van der Waals surface area contributed by atoms with E-state index < -0.39 is 0 Å². The molecule has 0 bridgehead atoms. The molecule has 0 N–H and O–H groups in total. The van der Waals surface area contributed by atoms with E-state index in [0.29, 0.717) is 12.2 Å². The number of benzene rings is 1. The molecule has 0 saturated heterocycles. The molecule has 0 aliphatic heterocycles. The van der Waals surface area contributed by atoms with Crippen LogP contribution in [0.15, 0.2) is 29.4 Å². The summed E-state index contributed by atoms with van der Waals surface area (Å²) in [4.78, 5) is 4.88. The lowest BCUT2D eigenvalue weighted by Gasteiger charge is -1.96. The monoisotopic (exact) mass is 194 g/mol. The van der Waals surface area contributed by atoms with Gasteiger partial charge in [0.25, 0.3) is 0 Å². The zero-order chi connectivity index (χ0) is 10.2. The van der Waals surface area contributed by atoms with Crippen LogP contribution < -0.4 is 0 Å². The van der Waals surface area contributed by atoms with E-state index in [1.165, 1.54) is 6.07 Å². The predicted molar refractivity (Wildman–Crippen MR) is 53.8 cm³/mol. The first-order valence-corrected chi connectivity index (χ1v) is 4.67. The molecule has 2 nitrogen and oxygen atoms in total. The van der Waals surface area contributed by atoms with Gasteiger partial charge in [-0.2, -0.15) is 0 Å². The van der Waals surface area contributed by atoms with E-state index in [4.69, 9.17) is 4.84 Å². The van der Waals surface area contributed by atoms with Gasteiger partial charge < -0.3 is 4.84 Å². The number of nitrogens with zero attached hydrogens (tertiary/aromatic N) is 1. The van der Waals surface area contributed by atoms with Gasteiger partial charge in [-0.25, -0.2) is 4.39 Å². The largest absolute Gasteiger partial charge is 0.395 e. The molecular weight excluding hydrogens is 181 g/mol. The molecule has 14 heavy (non-hydrogen) atoms. The second-order valence-electron chi connectivity index (χ2n) is 2.87. The molecule has 0 aliphatic carbocycles. The van der Waals surface area contributed by atoms with Crippen molar-refractivity contribution in [2.24, 2.45) is 5.16 Å². The van der Waals surface area contributed by atoms with E-state index in [1.807, 2.05) is 0 Å². The van der Waals surface area contributed by atoms with Crippen LogP contribution in [-0.2, 0) is 4.84 Å². The van der Waals surface area contributed by atoms with Crippen LogP contribution in [0, 0.1) is 5.82 Å². The summed E-state index contributed by atoms with van der Waals surface area (Å²) in [5.41, 5.74) is 0.323. The van der Waals surface area contributed by atoms with Gasteiger partial charge in [-0.3, -0.25) is 0 Å². The number of unbranched alkanes of at least 4 members (excludes halogenated alkanes) is 1. The van der Waals surface area contributed by atoms with Crippen molar-refractivity contribution in [3.8, 4) is 0 Å². The van der Waals surface area contributed by atoms with Crippen molar-refractivity contribution in [1.82, 2.24) is 0 Å². The molecule has 1 aromatic carbocycles. The van der Waals surface area contributed by atoms with Gasteiger partial charge in [-0.1, -0.05) is 30.6 Å². The molecule has 0 aromatic heterocycles. The Morgan fingerprint density at radius 2 is 2.21 bits per heavy atom. The highest BCUT2D eigenvalue weighted by molar-refractivity contribution is 5.79. The van der Waals surface area contributed by atoms with Gasteiger partial charge in [0, 0.05) is 5.56 Å². The predicted octanol–water partition coefficient (Wildman–Crippen LogP) is 2.85. The highest BCUT2D eigenvalue weighted by Gasteiger charge is 1.96. The van der Waals surface area contributed by atoms with Crippen LogP contribution in [0.3, 0.4) is 0 Å². The molecule has 1 rings (SSSR count). The summed E-state index contributed by atoms with van der Waals surface area (Å²) in [5, 5.41) is 3.55. The standard InChI is InChI=1S/C11H13FNO/c1-2-3-8-14-13-9-10-6-4-5-7-11(10)12/h4-7H,2-3,8H2,1H3. The van der Waals surface area contributed by atoms with Crippen molar-refractivity contribution in [2.45, 2.75) is 19.8 Å². The number of halogens is 1. The first-order valence-electron chi connectivity index (χ1n) is 4.67. The van der Waals surface area contributed by atoms with E-state index in [-0.39, 0.29) is 5.82 Å². The Labute approximate surface area is 83.4 Å². The molecule has 3 heteroatoms. The molecule has 0 spiro atoms. The Morgan fingerprint density at radius 1 is 1.43 bits per heavy atom. The number of rotatable bonds is 5. The van der Waals surface area contributed by atoms with Gasteiger partial charge >= 0.3 is 0 Å². The summed E-state index contributed by atoms with van der Waals surface area (Å²) in [6.45, 7) is 2.62. The van der Waals surface area contributed by atoms with Gasteiger partial charge in [0.1, 0.15) is 18.6 Å². The third kappa shape index (κ3) is 3.56. The van der Waals surface area contributed by atoms with Crippen molar-refractivity contribution >= 4 is 6.21 Å². The average molecular weight is 194 g/mol. The first kappa shape index (κ1) is 10.7. The minimum atomic E-state index is -0.338. The van der Waals surface area contributed by atoms with E-state index in [9.17, 15) is 4.39 Å². The van der Waals surface area contributed by atoms with Crippen LogP contribution in [0.5, 0.6) is 0 Å². The average Bonchev–Trinajstić information content (AvgIpc) is 2.20. The molecule has 0 unspecified atom stereocenters. The maximum Gasteiger partial charge on any atom is 0.142 e. The summed E-state index contributed by atoms with van der Waals surface area (Å²) in [7, 11) is 0. The maximum atomic E-state index is 13.0. The van der Waals surface area contributed by atoms with Crippen molar-refractivity contribution in [3.05, 3.63) is 35.6 Å². The van der Waals surface area contributed by atoms with Crippen LogP contribution in [0.2, 0.25) is 0 Å². The van der Waals surface area contributed by atoms with Crippen molar-refractivity contribution in [3.63, 3.8) is 0 Å². The van der Waals surface area contributed by atoms with Gasteiger partial charge in [0.2, 0.25) is 0 Å². The molecule has 0 fully saturated rings. The number of hydrogen-bond donors (Lipinski definition) is 0. The summed E-state index contributed by atoms with van der Waals surface area (Å²) < 4.78 is 13.0. The first-order chi connectivity index (χ1) is 6.84. The van der Waals surface area contributed by atoms with Gasteiger partial charge in [0.15, 0.2) is 0 Å². The van der Waals surface area contributed by atoms with Gasteiger partial charge in [0.05, 0.1) is 0 Å². The molecular formula is C11H13FNO. The molecule has 1 radical (unpaired) electrons. The zero-order valence-electron chi connectivity index (χ0n) is 8.16. The summed E-state index contributed by atoms with van der Waals surface area (Å²) in [5.74, 6) is -0.338. The molecule has 0 atom stereocenters. The summed E-state index contributed by atoms with van der Waals surface area (Å²) in [6, 6.07) is 6.32. The van der Waals surface area contributed by atoms with E-state index in [1.54, 1.807) is 18.2 Å². The second-order valence-corrected chi connectivity index (χ2v) is 2.87. The van der Waals surface area contributed by atoms with Gasteiger partial charge in [-0.05, 0) is 18.6 Å². The molecule has 0 heterocycles. The van der Waals surface area contributed by atoms with Crippen LogP contribution in [0.1, 0.15) is 25.3 Å². The fourth-order valence-corrected chi connectivity index (χ4v) is 0.888. The lowest BCUT2D eigenvalue weighted by atomic mass is 10.2. The van der Waals surface area contributed by atoms with Crippen LogP contribution >= 0.6 is 0 Å². The summed E-state index contributed by atoms with van der Waals surface area (Å²) >= 11 is 0. The van der Waals surface area contributed by atoms with Gasteiger partial charge in [-0.15, -0.1) is 0 Å². The molecule has 75 valence electrons. The molecule has 0 aliphatic rings. The van der Waals surface area contributed by atoms with Crippen molar-refractivity contribution in [1.29, 1.82) is 0 Å². The Bertz CT molecular complexity index is 299. The maximum absolute atomic E-state index is 13.0. The fraction of sp³-hybridized carbons (Fsp3) is 0.364. The quantitative estimate of drug-likeness (QED) is 0.401. The molecule has 1 aromatic rings. The lowest BCUT2D eigenvalue weighted by Crippen LogP contribution is -1.90. The molecule has 0 saturated carbocycles.